The van der Waals surface area contributed by atoms with Gasteiger partial charge in [0.2, 0.25) is 5.91 Å². The first-order valence-corrected chi connectivity index (χ1v) is 5.21. The third kappa shape index (κ3) is 4.94. The molecule has 0 aromatic carbocycles. The number of primary amides is 2. The molecule has 0 aliphatic heterocycles. The molecule has 0 bridgehead atoms. The number of urea groups is 1. The molecule has 0 radical (unpaired) electrons. The number of aliphatic hydroxyl groups excluding tert-OH is 1. The molecule has 0 rings (SSSR count). The third-order valence-corrected chi connectivity index (χ3v) is 2.26. The number of rotatable bonds is 8. The number of nitrogens with zero attached hydrogens (tertiary/aromatic N) is 1. The fourth-order valence-corrected chi connectivity index (χ4v) is 1.37. The van der Waals surface area contributed by atoms with Gasteiger partial charge in [-0.3, -0.25) is 4.79 Å². The SMILES string of the molecule is NCCCCCN(C(N)=O)C(CO)C(N)=O. The quantitative estimate of drug-likeness (QED) is 0.372. The van der Waals surface area contributed by atoms with Gasteiger partial charge in [0, 0.05) is 6.54 Å². The second-order valence-electron chi connectivity index (χ2n) is 3.48. The zero-order valence-corrected chi connectivity index (χ0v) is 9.26. The number of nitrogens with two attached hydrogens (primary N) is 3. The minimum atomic E-state index is -1.05. The van der Waals surface area contributed by atoms with Gasteiger partial charge in [-0.15, -0.1) is 0 Å². The fraction of sp³-hybridized carbons (Fsp3) is 0.778. The topological polar surface area (TPSA) is 136 Å². The Bertz CT molecular complexity index is 235. The first-order valence-electron chi connectivity index (χ1n) is 5.21. The summed E-state index contributed by atoms with van der Waals surface area (Å²) in [7, 11) is 0. The lowest BCUT2D eigenvalue weighted by Crippen LogP contribution is -2.52. The minimum Gasteiger partial charge on any atom is -0.394 e. The minimum absolute atomic E-state index is 0.295. The van der Waals surface area contributed by atoms with Crippen molar-refractivity contribution in [2.24, 2.45) is 17.2 Å². The van der Waals surface area contributed by atoms with Crippen LogP contribution in [0, 0.1) is 0 Å². The monoisotopic (exact) mass is 232 g/mol. The summed E-state index contributed by atoms with van der Waals surface area (Å²) in [6.45, 7) is 0.356. The zero-order chi connectivity index (χ0) is 12.6. The molecular weight excluding hydrogens is 212 g/mol. The van der Waals surface area contributed by atoms with Crippen molar-refractivity contribution in [1.82, 2.24) is 4.90 Å². The molecule has 0 saturated carbocycles. The van der Waals surface area contributed by atoms with E-state index in [2.05, 4.69) is 0 Å². The maximum atomic E-state index is 11.1. The summed E-state index contributed by atoms with van der Waals surface area (Å²) in [5.74, 6) is -0.764. The van der Waals surface area contributed by atoms with Gasteiger partial charge in [-0.25, -0.2) is 4.79 Å². The number of amides is 3. The number of hydrogen-bond acceptors (Lipinski definition) is 4. The maximum Gasteiger partial charge on any atom is 0.315 e. The Morgan fingerprint density at radius 2 is 1.81 bits per heavy atom. The molecule has 1 atom stereocenters. The first kappa shape index (κ1) is 14.7. The molecule has 7 nitrogen and oxygen atoms in total. The predicted octanol–water partition coefficient (Wildman–Crippen LogP) is -1.66. The highest BCUT2D eigenvalue weighted by molar-refractivity contribution is 5.85. The van der Waals surface area contributed by atoms with E-state index in [1.807, 2.05) is 0 Å². The van der Waals surface area contributed by atoms with E-state index in [1.165, 1.54) is 0 Å². The van der Waals surface area contributed by atoms with Crippen LogP contribution in [0.2, 0.25) is 0 Å². The molecule has 0 aliphatic rings. The van der Waals surface area contributed by atoms with Crippen LogP contribution in [0.5, 0.6) is 0 Å². The van der Waals surface area contributed by atoms with Gasteiger partial charge in [0.15, 0.2) is 0 Å². The van der Waals surface area contributed by atoms with Crippen LogP contribution < -0.4 is 17.2 Å². The lowest BCUT2D eigenvalue weighted by atomic mass is 10.2. The molecule has 0 aliphatic carbocycles. The molecule has 0 fully saturated rings. The van der Waals surface area contributed by atoms with Crippen molar-refractivity contribution in [3.63, 3.8) is 0 Å². The van der Waals surface area contributed by atoms with Gasteiger partial charge in [0.1, 0.15) is 6.04 Å². The van der Waals surface area contributed by atoms with E-state index < -0.39 is 24.6 Å². The average Bonchev–Trinajstić information content (AvgIpc) is 2.21. The Balaban J connectivity index is 4.25. The summed E-state index contributed by atoms with van der Waals surface area (Å²) < 4.78 is 0. The Morgan fingerprint density at radius 1 is 1.19 bits per heavy atom. The van der Waals surface area contributed by atoms with Crippen molar-refractivity contribution in [2.45, 2.75) is 25.3 Å². The third-order valence-electron chi connectivity index (χ3n) is 2.26. The Morgan fingerprint density at radius 3 is 2.19 bits per heavy atom. The van der Waals surface area contributed by atoms with E-state index in [-0.39, 0.29) is 0 Å². The van der Waals surface area contributed by atoms with Crippen LogP contribution in [0.25, 0.3) is 0 Å². The summed E-state index contributed by atoms with van der Waals surface area (Å²) in [5.41, 5.74) is 15.5. The summed E-state index contributed by atoms with van der Waals surface area (Å²) in [5, 5.41) is 8.95. The number of aliphatic hydroxyl groups is 1. The molecule has 0 aromatic heterocycles. The standard InChI is InChI=1S/C9H20N4O3/c10-4-2-1-3-5-13(9(12)16)7(6-14)8(11)15/h7,14H,1-6,10H2,(H2,11,15)(H2,12,16). The van der Waals surface area contributed by atoms with Gasteiger partial charge in [0.25, 0.3) is 0 Å². The van der Waals surface area contributed by atoms with Crippen molar-refractivity contribution in [3.8, 4) is 0 Å². The van der Waals surface area contributed by atoms with Gasteiger partial charge in [0.05, 0.1) is 6.61 Å². The van der Waals surface area contributed by atoms with Gasteiger partial charge in [-0.05, 0) is 19.4 Å². The lowest BCUT2D eigenvalue weighted by Gasteiger charge is -2.26. The highest BCUT2D eigenvalue weighted by Gasteiger charge is 2.25. The highest BCUT2D eigenvalue weighted by Crippen LogP contribution is 2.03. The number of hydrogen-bond donors (Lipinski definition) is 4. The average molecular weight is 232 g/mol. The molecule has 94 valence electrons. The van der Waals surface area contributed by atoms with E-state index in [1.54, 1.807) is 0 Å². The summed E-state index contributed by atoms with van der Waals surface area (Å²) >= 11 is 0. The number of unbranched alkanes of at least 4 members (excludes halogenated alkanes) is 2. The Labute approximate surface area is 94.6 Å². The van der Waals surface area contributed by atoms with Crippen LogP contribution >= 0.6 is 0 Å². The Kier molecular flexibility index (Phi) is 7.23. The van der Waals surface area contributed by atoms with E-state index >= 15 is 0 Å². The lowest BCUT2D eigenvalue weighted by molar-refractivity contribution is -0.123. The molecule has 7 N–H and O–H groups in total. The van der Waals surface area contributed by atoms with Crippen LogP contribution in [-0.2, 0) is 4.79 Å². The number of carbonyl (C=O) groups is 2. The molecule has 16 heavy (non-hydrogen) atoms. The largest absolute Gasteiger partial charge is 0.394 e. The van der Waals surface area contributed by atoms with Crippen molar-refractivity contribution in [3.05, 3.63) is 0 Å². The summed E-state index contributed by atoms with van der Waals surface area (Å²) in [6, 6.07) is -1.80. The van der Waals surface area contributed by atoms with Crippen molar-refractivity contribution in [1.29, 1.82) is 0 Å². The highest BCUT2D eigenvalue weighted by atomic mass is 16.3. The molecule has 1 unspecified atom stereocenters. The van der Waals surface area contributed by atoms with Gasteiger partial charge in [-0.2, -0.15) is 0 Å². The normalized spacial score (nSPS) is 12.1. The second kappa shape index (κ2) is 7.89. The fourth-order valence-electron chi connectivity index (χ4n) is 1.37. The van der Waals surface area contributed by atoms with Crippen LogP contribution in [0.1, 0.15) is 19.3 Å². The second-order valence-corrected chi connectivity index (χ2v) is 3.48. The summed E-state index contributed by atoms with van der Waals surface area (Å²) in [6.07, 6.45) is 2.34. The molecule has 0 spiro atoms. The van der Waals surface area contributed by atoms with E-state index in [9.17, 15) is 9.59 Å². The predicted molar refractivity (Wildman–Crippen MR) is 59.3 cm³/mol. The Hall–Kier alpha value is -1.34. The van der Waals surface area contributed by atoms with Crippen LogP contribution in [0.3, 0.4) is 0 Å². The molecular formula is C9H20N4O3. The van der Waals surface area contributed by atoms with Crippen LogP contribution in [0.15, 0.2) is 0 Å². The maximum absolute atomic E-state index is 11.1. The molecule has 0 aromatic rings. The molecule has 0 saturated heterocycles. The smallest absolute Gasteiger partial charge is 0.315 e. The first-order chi connectivity index (χ1) is 7.54. The van der Waals surface area contributed by atoms with Crippen molar-refractivity contribution in [2.75, 3.05) is 19.7 Å². The zero-order valence-electron chi connectivity index (χ0n) is 9.26. The van der Waals surface area contributed by atoms with E-state index in [0.29, 0.717) is 19.5 Å². The molecule has 0 heterocycles. The van der Waals surface area contributed by atoms with Crippen molar-refractivity contribution < 1.29 is 14.7 Å². The van der Waals surface area contributed by atoms with E-state index in [0.717, 1.165) is 17.7 Å². The van der Waals surface area contributed by atoms with Crippen LogP contribution in [0.4, 0.5) is 4.79 Å². The molecule has 7 heteroatoms. The van der Waals surface area contributed by atoms with Gasteiger partial charge in [-0.1, -0.05) is 6.42 Å². The summed E-state index contributed by atoms with van der Waals surface area (Å²) in [4.78, 5) is 23.1. The van der Waals surface area contributed by atoms with Crippen molar-refractivity contribution >= 4 is 11.9 Å². The van der Waals surface area contributed by atoms with Gasteiger partial charge >= 0.3 is 6.03 Å². The molecule has 3 amide bonds. The van der Waals surface area contributed by atoms with Crippen LogP contribution in [-0.4, -0.2) is 47.7 Å². The van der Waals surface area contributed by atoms with Gasteiger partial charge < -0.3 is 27.2 Å². The van der Waals surface area contributed by atoms with E-state index in [4.69, 9.17) is 22.3 Å². The number of carbonyl (C=O) groups excluding carboxylic acids is 2.